The highest BCUT2D eigenvalue weighted by Gasteiger charge is 2.48. The summed E-state index contributed by atoms with van der Waals surface area (Å²) in [4.78, 5) is 25.1. The van der Waals surface area contributed by atoms with E-state index in [1.165, 1.54) is 4.90 Å². The zero-order chi connectivity index (χ0) is 14.1. The molecule has 1 aromatic rings. The molecular weight excluding hydrogens is 280 g/mol. The van der Waals surface area contributed by atoms with Gasteiger partial charge in [-0.2, -0.15) is 0 Å². The fourth-order valence-electron chi connectivity index (χ4n) is 2.39. The lowest BCUT2D eigenvalue weighted by molar-refractivity contribution is -0.141. The van der Waals surface area contributed by atoms with Crippen LogP contribution in [0, 0.1) is 5.92 Å². The molecule has 2 atom stereocenters. The molecular formula is C13H16N2O4S. The van der Waals surface area contributed by atoms with Gasteiger partial charge < -0.3 is 14.8 Å². The first-order valence-electron chi connectivity index (χ1n) is 6.60. The summed E-state index contributed by atoms with van der Waals surface area (Å²) >= 11 is 1.57. The van der Waals surface area contributed by atoms with Gasteiger partial charge >= 0.3 is 12.0 Å². The smallest absolute Gasteiger partial charge is 0.327 e. The second-order valence-electron chi connectivity index (χ2n) is 5.06. The Morgan fingerprint density at radius 2 is 2.30 bits per heavy atom. The number of carboxylic acid groups (broad SMARTS) is 1. The molecule has 0 spiro atoms. The van der Waals surface area contributed by atoms with Crippen LogP contribution >= 0.6 is 11.8 Å². The van der Waals surface area contributed by atoms with Crippen LogP contribution < -0.4 is 5.32 Å². The van der Waals surface area contributed by atoms with Crippen molar-refractivity contribution in [1.82, 2.24) is 10.2 Å². The van der Waals surface area contributed by atoms with Gasteiger partial charge in [-0.1, -0.05) is 0 Å². The third kappa shape index (κ3) is 2.63. The van der Waals surface area contributed by atoms with Crippen molar-refractivity contribution in [3.63, 3.8) is 0 Å². The molecule has 0 radical (unpaired) electrons. The lowest BCUT2D eigenvalue weighted by Crippen LogP contribution is -2.50. The number of carboxylic acids is 1. The Hall–Kier alpha value is -1.63. The number of amides is 2. The summed E-state index contributed by atoms with van der Waals surface area (Å²) in [6.07, 6.45) is 3.69. The molecule has 1 aromatic heterocycles. The van der Waals surface area contributed by atoms with Crippen molar-refractivity contribution in [2.75, 3.05) is 5.75 Å². The number of rotatable bonds is 4. The second-order valence-corrected chi connectivity index (χ2v) is 6.21. The Morgan fingerprint density at radius 3 is 2.90 bits per heavy atom. The van der Waals surface area contributed by atoms with Crippen LogP contribution in [-0.2, 0) is 11.3 Å². The zero-order valence-electron chi connectivity index (χ0n) is 10.8. The molecule has 2 N–H and O–H groups in total. The molecule has 0 bridgehead atoms. The van der Waals surface area contributed by atoms with E-state index < -0.39 is 12.0 Å². The largest absolute Gasteiger partial charge is 0.480 e. The molecule has 1 saturated carbocycles. The van der Waals surface area contributed by atoms with E-state index in [2.05, 4.69) is 5.32 Å². The minimum atomic E-state index is -0.936. The van der Waals surface area contributed by atoms with Gasteiger partial charge in [-0.25, -0.2) is 9.59 Å². The summed E-state index contributed by atoms with van der Waals surface area (Å²) in [5, 5.41) is 12.0. The molecule has 3 rings (SSSR count). The van der Waals surface area contributed by atoms with Crippen LogP contribution in [0.1, 0.15) is 18.6 Å². The van der Waals surface area contributed by atoms with E-state index in [1.807, 2.05) is 0 Å². The normalized spacial score (nSPS) is 25.7. The fourth-order valence-corrected chi connectivity index (χ4v) is 4.02. The number of carbonyl (C=O) groups is 2. The third-order valence-corrected chi connectivity index (χ3v) is 5.04. The summed E-state index contributed by atoms with van der Waals surface area (Å²) in [6.45, 7) is 0.275. The van der Waals surface area contributed by atoms with Gasteiger partial charge in [0.1, 0.15) is 11.8 Å². The van der Waals surface area contributed by atoms with Crippen LogP contribution in [0.4, 0.5) is 4.79 Å². The zero-order valence-corrected chi connectivity index (χ0v) is 11.6. The van der Waals surface area contributed by atoms with Gasteiger partial charge in [0, 0.05) is 5.75 Å². The van der Waals surface area contributed by atoms with Crippen LogP contribution in [0.25, 0.3) is 0 Å². The van der Waals surface area contributed by atoms with E-state index >= 15 is 0 Å². The van der Waals surface area contributed by atoms with E-state index in [1.54, 1.807) is 30.2 Å². The molecule has 1 saturated heterocycles. The van der Waals surface area contributed by atoms with Crippen LogP contribution in [0.15, 0.2) is 22.8 Å². The van der Waals surface area contributed by atoms with Crippen molar-refractivity contribution in [1.29, 1.82) is 0 Å². The van der Waals surface area contributed by atoms with Gasteiger partial charge in [-0.05, 0) is 30.9 Å². The first kappa shape index (κ1) is 13.4. The maximum atomic E-state index is 12.3. The number of nitrogens with zero attached hydrogens (tertiary/aromatic N) is 1. The average Bonchev–Trinajstić information content (AvgIpc) is 2.97. The number of nitrogens with one attached hydrogen (secondary N) is 1. The van der Waals surface area contributed by atoms with Crippen LogP contribution in [0.3, 0.4) is 0 Å². The van der Waals surface area contributed by atoms with Crippen LogP contribution in [-0.4, -0.2) is 39.2 Å². The Morgan fingerprint density at radius 1 is 1.50 bits per heavy atom. The Labute approximate surface area is 120 Å². The molecule has 1 aliphatic heterocycles. The van der Waals surface area contributed by atoms with Gasteiger partial charge in [0.25, 0.3) is 0 Å². The quantitative estimate of drug-likeness (QED) is 0.884. The number of urea groups is 1. The minimum absolute atomic E-state index is 0.00676. The van der Waals surface area contributed by atoms with Gasteiger partial charge in [0.15, 0.2) is 0 Å². The lowest BCUT2D eigenvalue weighted by atomic mass is 10.2. The monoisotopic (exact) mass is 296 g/mol. The third-order valence-electron chi connectivity index (χ3n) is 3.57. The van der Waals surface area contributed by atoms with Gasteiger partial charge in [0.05, 0.1) is 18.2 Å². The maximum absolute atomic E-state index is 12.3. The van der Waals surface area contributed by atoms with Crippen molar-refractivity contribution < 1.29 is 19.1 Å². The highest BCUT2D eigenvalue weighted by atomic mass is 32.2. The predicted octanol–water partition coefficient (Wildman–Crippen LogP) is 1.73. The molecule has 7 heteroatoms. The van der Waals surface area contributed by atoms with Crippen LogP contribution in [0.2, 0.25) is 0 Å². The lowest BCUT2D eigenvalue weighted by Gasteiger charge is -2.27. The average molecular weight is 296 g/mol. The highest BCUT2D eigenvalue weighted by molar-refractivity contribution is 8.00. The van der Waals surface area contributed by atoms with E-state index in [0.29, 0.717) is 17.4 Å². The predicted molar refractivity (Wildman–Crippen MR) is 73.2 cm³/mol. The van der Waals surface area contributed by atoms with Gasteiger partial charge in [0.2, 0.25) is 0 Å². The molecule has 108 valence electrons. The molecule has 2 unspecified atom stereocenters. The number of furan rings is 1. The van der Waals surface area contributed by atoms with Crippen molar-refractivity contribution in [3.8, 4) is 0 Å². The standard InChI is InChI=1S/C13H16N2O4S/c16-12(17)10-7-20-11(8-3-4-8)15(10)13(18)14-6-9-2-1-5-19-9/h1-2,5,8,10-11H,3-4,6-7H2,(H,14,18)(H,16,17). The molecule has 2 amide bonds. The molecule has 2 aliphatic rings. The van der Waals surface area contributed by atoms with E-state index in [-0.39, 0.29) is 17.9 Å². The molecule has 20 heavy (non-hydrogen) atoms. The molecule has 6 nitrogen and oxygen atoms in total. The van der Waals surface area contributed by atoms with Gasteiger partial charge in [-0.15, -0.1) is 11.8 Å². The van der Waals surface area contributed by atoms with Crippen LogP contribution in [0.5, 0.6) is 0 Å². The second kappa shape index (κ2) is 5.40. The summed E-state index contributed by atoms with van der Waals surface area (Å²) in [7, 11) is 0. The first-order valence-corrected chi connectivity index (χ1v) is 7.64. The van der Waals surface area contributed by atoms with E-state index in [9.17, 15) is 14.7 Å². The van der Waals surface area contributed by atoms with E-state index in [4.69, 9.17) is 4.42 Å². The summed E-state index contributed by atoms with van der Waals surface area (Å²) < 4.78 is 5.15. The summed E-state index contributed by atoms with van der Waals surface area (Å²) in [5.74, 6) is 0.623. The topological polar surface area (TPSA) is 82.8 Å². The number of hydrogen-bond donors (Lipinski definition) is 2. The van der Waals surface area contributed by atoms with Crippen molar-refractivity contribution in [2.24, 2.45) is 5.92 Å². The van der Waals surface area contributed by atoms with Gasteiger partial charge in [-0.3, -0.25) is 4.90 Å². The Balaban J connectivity index is 1.67. The SMILES string of the molecule is O=C(O)C1CSC(C2CC2)N1C(=O)NCc1ccco1. The molecule has 2 heterocycles. The molecule has 2 fully saturated rings. The number of thioether (sulfide) groups is 1. The number of aliphatic carboxylic acids is 1. The summed E-state index contributed by atoms with van der Waals surface area (Å²) in [6, 6.07) is 2.46. The maximum Gasteiger partial charge on any atom is 0.327 e. The molecule has 0 aromatic carbocycles. The first-order chi connectivity index (χ1) is 9.66. The Bertz CT molecular complexity index is 500. The molecule has 1 aliphatic carbocycles. The van der Waals surface area contributed by atoms with Crippen molar-refractivity contribution in [2.45, 2.75) is 30.8 Å². The highest BCUT2D eigenvalue weighted by Crippen LogP contribution is 2.45. The fraction of sp³-hybridized carbons (Fsp3) is 0.538. The van der Waals surface area contributed by atoms with Crippen molar-refractivity contribution in [3.05, 3.63) is 24.2 Å². The van der Waals surface area contributed by atoms with E-state index in [0.717, 1.165) is 12.8 Å². The Kier molecular flexibility index (Phi) is 3.60. The summed E-state index contributed by atoms with van der Waals surface area (Å²) in [5.41, 5.74) is 0. The number of carbonyl (C=O) groups excluding carboxylic acids is 1. The number of hydrogen-bond acceptors (Lipinski definition) is 4. The minimum Gasteiger partial charge on any atom is -0.480 e. The van der Waals surface area contributed by atoms with Crippen molar-refractivity contribution >= 4 is 23.8 Å².